The van der Waals surface area contributed by atoms with Crippen molar-refractivity contribution in [3.63, 3.8) is 0 Å². The maximum atomic E-state index is 10.1. The van der Waals surface area contributed by atoms with E-state index in [9.17, 15) is 10.2 Å². The highest BCUT2D eigenvalue weighted by atomic mass is 32.1. The third-order valence-corrected chi connectivity index (χ3v) is 3.77. The SMILES string of the molecule is COc1cc(OC)cc(-c2c(S)nnn2-c2ccc(O)cc2O)c1. The van der Waals surface area contributed by atoms with Crippen LogP contribution in [-0.2, 0) is 0 Å². The van der Waals surface area contributed by atoms with Gasteiger partial charge in [-0.25, -0.2) is 4.68 Å². The molecule has 0 amide bonds. The Hall–Kier alpha value is -2.87. The Morgan fingerprint density at radius 2 is 1.67 bits per heavy atom. The van der Waals surface area contributed by atoms with Gasteiger partial charge in [0.15, 0.2) is 0 Å². The fourth-order valence-electron chi connectivity index (χ4n) is 2.33. The number of hydrogen-bond acceptors (Lipinski definition) is 7. The average Bonchev–Trinajstić information content (AvgIpc) is 2.95. The number of rotatable bonds is 4. The van der Waals surface area contributed by atoms with Crippen LogP contribution in [0.2, 0.25) is 0 Å². The van der Waals surface area contributed by atoms with Crippen LogP contribution in [0, 0.1) is 0 Å². The van der Waals surface area contributed by atoms with Crippen LogP contribution in [0.4, 0.5) is 0 Å². The van der Waals surface area contributed by atoms with Gasteiger partial charge in [-0.05, 0) is 24.3 Å². The van der Waals surface area contributed by atoms with Crippen molar-refractivity contribution in [2.24, 2.45) is 0 Å². The van der Waals surface area contributed by atoms with Crippen LogP contribution >= 0.6 is 12.6 Å². The van der Waals surface area contributed by atoms with Crippen LogP contribution < -0.4 is 9.47 Å². The van der Waals surface area contributed by atoms with Crippen molar-refractivity contribution in [2.75, 3.05) is 14.2 Å². The zero-order valence-electron chi connectivity index (χ0n) is 13.0. The Labute approximate surface area is 143 Å². The molecule has 0 spiro atoms. The second-order valence-electron chi connectivity index (χ2n) is 4.95. The Morgan fingerprint density at radius 3 is 2.25 bits per heavy atom. The summed E-state index contributed by atoms with van der Waals surface area (Å²) >= 11 is 4.35. The van der Waals surface area contributed by atoms with E-state index in [0.717, 1.165) is 0 Å². The molecule has 0 unspecified atom stereocenters. The van der Waals surface area contributed by atoms with Crippen molar-refractivity contribution in [2.45, 2.75) is 5.03 Å². The van der Waals surface area contributed by atoms with Gasteiger partial charge >= 0.3 is 0 Å². The lowest BCUT2D eigenvalue weighted by Gasteiger charge is -2.11. The van der Waals surface area contributed by atoms with E-state index < -0.39 is 0 Å². The summed E-state index contributed by atoms with van der Waals surface area (Å²) in [5.41, 5.74) is 1.61. The minimum Gasteiger partial charge on any atom is -0.508 e. The summed E-state index contributed by atoms with van der Waals surface area (Å²) in [5, 5.41) is 27.9. The fourth-order valence-corrected chi connectivity index (χ4v) is 2.59. The van der Waals surface area contributed by atoms with Gasteiger partial charge in [0, 0.05) is 17.7 Å². The van der Waals surface area contributed by atoms with Crippen molar-refractivity contribution in [3.8, 4) is 39.9 Å². The molecular weight excluding hydrogens is 330 g/mol. The lowest BCUT2D eigenvalue weighted by Crippen LogP contribution is -2.00. The largest absolute Gasteiger partial charge is 0.508 e. The van der Waals surface area contributed by atoms with Crippen LogP contribution in [0.15, 0.2) is 41.4 Å². The van der Waals surface area contributed by atoms with Gasteiger partial charge in [-0.15, -0.1) is 17.7 Å². The first-order valence-electron chi connectivity index (χ1n) is 6.94. The molecule has 0 fully saturated rings. The summed E-state index contributed by atoms with van der Waals surface area (Å²) in [5.74, 6) is 1.01. The third-order valence-electron chi connectivity index (χ3n) is 3.46. The molecule has 3 aromatic rings. The van der Waals surface area contributed by atoms with E-state index in [1.54, 1.807) is 32.4 Å². The number of aromatic hydroxyl groups is 2. The molecule has 2 N–H and O–H groups in total. The standard InChI is InChI=1S/C16H15N3O4S/c1-22-11-5-9(6-12(8-11)23-2)15-16(24)17-18-19(15)13-4-3-10(20)7-14(13)21/h3-8,20-21,24H,1-2H3. The Balaban J connectivity index is 2.21. The highest BCUT2D eigenvalue weighted by Gasteiger charge is 2.18. The van der Waals surface area contributed by atoms with Crippen LogP contribution in [0.5, 0.6) is 23.0 Å². The van der Waals surface area contributed by atoms with E-state index in [1.165, 1.54) is 22.9 Å². The van der Waals surface area contributed by atoms with Gasteiger partial charge in [0.1, 0.15) is 39.4 Å². The van der Waals surface area contributed by atoms with Crippen LogP contribution in [0.3, 0.4) is 0 Å². The second kappa shape index (κ2) is 6.32. The van der Waals surface area contributed by atoms with E-state index in [2.05, 4.69) is 22.9 Å². The number of hydrogen-bond donors (Lipinski definition) is 3. The summed E-state index contributed by atoms with van der Waals surface area (Å²) in [4.78, 5) is 0. The maximum Gasteiger partial charge on any atom is 0.145 e. The molecule has 1 heterocycles. The number of methoxy groups -OCH3 is 2. The number of thiol groups is 1. The van der Waals surface area contributed by atoms with Gasteiger partial charge in [-0.2, -0.15) is 0 Å². The normalized spacial score (nSPS) is 10.6. The maximum absolute atomic E-state index is 10.1. The second-order valence-corrected chi connectivity index (χ2v) is 5.37. The molecule has 2 aromatic carbocycles. The number of phenolic OH excluding ortho intramolecular Hbond substituents is 2. The van der Waals surface area contributed by atoms with Gasteiger partial charge in [0.05, 0.1) is 14.2 Å². The summed E-state index contributed by atoms with van der Waals surface area (Å²) in [6.07, 6.45) is 0. The van der Waals surface area contributed by atoms with Gasteiger partial charge in [-0.1, -0.05) is 5.21 Å². The molecule has 0 aliphatic carbocycles. The summed E-state index contributed by atoms with van der Waals surface area (Å²) in [6.45, 7) is 0. The molecule has 0 atom stereocenters. The number of benzene rings is 2. The molecule has 8 heteroatoms. The minimum absolute atomic E-state index is 0.0490. The first-order chi connectivity index (χ1) is 11.5. The molecule has 0 aliphatic rings. The number of phenols is 2. The molecule has 0 bridgehead atoms. The van der Waals surface area contributed by atoms with Gasteiger partial charge in [0.25, 0.3) is 0 Å². The first-order valence-corrected chi connectivity index (χ1v) is 7.38. The van der Waals surface area contributed by atoms with E-state index in [4.69, 9.17) is 9.47 Å². The van der Waals surface area contributed by atoms with Crippen molar-refractivity contribution < 1.29 is 19.7 Å². The molecule has 1 aromatic heterocycles. The number of ether oxygens (including phenoxy) is 2. The third kappa shape index (κ3) is 2.83. The predicted octanol–water partition coefficient (Wildman–Crippen LogP) is 2.65. The van der Waals surface area contributed by atoms with Crippen LogP contribution in [0.25, 0.3) is 16.9 Å². The highest BCUT2D eigenvalue weighted by Crippen LogP contribution is 2.35. The zero-order valence-corrected chi connectivity index (χ0v) is 13.9. The van der Waals surface area contributed by atoms with E-state index in [1.807, 2.05) is 0 Å². The smallest absolute Gasteiger partial charge is 0.145 e. The minimum atomic E-state index is -0.135. The van der Waals surface area contributed by atoms with Gasteiger partial charge < -0.3 is 19.7 Å². The van der Waals surface area contributed by atoms with E-state index in [0.29, 0.717) is 33.5 Å². The van der Waals surface area contributed by atoms with Gasteiger partial charge in [-0.3, -0.25) is 0 Å². The van der Waals surface area contributed by atoms with Crippen LogP contribution in [-0.4, -0.2) is 39.4 Å². The highest BCUT2D eigenvalue weighted by molar-refractivity contribution is 7.80. The average molecular weight is 345 g/mol. The van der Waals surface area contributed by atoms with Crippen LogP contribution in [0.1, 0.15) is 0 Å². The summed E-state index contributed by atoms with van der Waals surface area (Å²) in [6, 6.07) is 9.53. The molecule has 3 rings (SSSR count). The molecule has 7 nitrogen and oxygen atoms in total. The topological polar surface area (TPSA) is 89.6 Å². The molecule has 24 heavy (non-hydrogen) atoms. The zero-order chi connectivity index (χ0) is 17.3. The van der Waals surface area contributed by atoms with Crippen molar-refractivity contribution in [3.05, 3.63) is 36.4 Å². The molecule has 0 aliphatic heterocycles. The molecule has 0 radical (unpaired) electrons. The Morgan fingerprint density at radius 1 is 1.00 bits per heavy atom. The van der Waals surface area contributed by atoms with E-state index >= 15 is 0 Å². The first kappa shape index (κ1) is 16.0. The monoisotopic (exact) mass is 345 g/mol. The fraction of sp³-hybridized carbons (Fsp3) is 0.125. The predicted molar refractivity (Wildman–Crippen MR) is 90.5 cm³/mol. The van der Waals surface area contributed by atoms with E-state index in [-0.39, 0.29) is 11.5 Å². The molecule has 0 saturated carbocycles. The van der Waals surface area contributed by atoms with Gasteiger partial charge in [0.2, 0.25) is 0 Å². The van der Waals surface area contributed by atoms with Crippen molar-refractivity contribution in [1.29, 1.82) is 0 Å². The summed E-state index contributed by atoms with van der Waals surface area (Å²) < 4.78 is 12.0. The number of nitrogens with zero attached hydrogens (tertiary/aromatic N) is 3. The van der Waals surface area contributed by atoms with Crippen molar-refractivity contribution >= 4 is 12.6 Å². The Bertz CT molecular complexity index is 873. The molecular formula is C16H15N3O4S. The quantitative estimate of drug-likeness (QED) is 0.630. The number of aromatic nitrogens is 3. The molecule has 124 valence electrons. The Kier molecular flexibility index (Phi) is 4.22. The summed E-state index contributed by atoms with van der Waals surface area (Å²) in [7, 11) is 3.11. The van der Waals surface area contributed by atoms with Crippen molar-refractivity contribution in [1.82, 2.24) is 15.0 Å². The molecule has 0 saturated heterocycles. The lowest BCUT2D eigenvalue weighted by atomic mass is 10.1. The lowest BCUT2D eigenvalue weighted by molar-refractivity contribution is 0.394.